The second-order valence-corrected chi connectivity index (χ2v) is 3.69. The molecule has 86 valence electrons. The van der Waals surface area contributed by atoms with Crippen LogP contribution in [0.15, 0.2) is 0 Å². The summed E-state index contributed by atoms with van der Waals surface area (Å²) in [5.41, 5.74) is 0. The molecule has 2 N–H and O–H groups in total. The fraction of sp³-hybridized carbons (Fsp3) is 0.750. The lowest BCUT2D eigenvalue weighted by atomic mass is 10.1. The van der Waals surface area contributed by atoms with Crippen molar-refractivity contribution in [2.45, 2.75) is 52.1 Å². The van der Waals surface area contributed by atoms with Crippen molar-refractivity contribution in [2.24, 2.45) is 0 Å². The molecule has 2 atom stereocenters. The number of terminal acetylenes is 1. The van der Waals surface area contributed by atoms with E-state index in [1.54, 1.807) is 0 Å². The maximum absolute atomic E-state index is 11.5. The Morgan fingerprint density at radius 1 is 1.47 bits per heavy atom. The van der Waals surface area contributed by atoms with Gasteiger partial charge in [-0.15, -0.1) is 12.3 Å². The van der Waals surface area contributed by atoms with E-state index in [9.17, 15) is 4.79 Å². The summed E-state index contributed by atoms with van der Waals surface area (Å²) in [6, 6.07) is 0.0622. The Bertz CT molecular complexity index is 220. The number of carbonyl (C=O) groups excluding carboxylic acids is 1. The predicted octanol–water partition coefficient (Wildman–Crippen LogP) is 1.29. The lowest BCUT2D eigenvalue weighted by Gasteiger charge is -2.20. The van der Waals surface area contributed by atoms with Crippen LogP contribution < -0.4 is 10.6 Å². The molecule has 0 radical (unpaired) electrons. The van der Waals surface area contributed by atoms with Gasteiger partial charge in [0.15, 0.2) is 0 Å². The van der Waals surface area contributed by atoms with Gasteiger partial charge in [0.2, 0.25) is 5.91 Å². The summed E-state index contributed by atoms with van der Waals surface area (Å²) in [5.74, 6) is 2.66. The largest absolute Gasteiger partial charge is 0.355 e. The average Bonchev–Trinajstić information content (AvgIpc) is 2.24. The van der Waals surface area contributed by atoms with Gasteiger partial charge >= 0.3 is 0 Å². The minimum absolute atomic E-state index is 0.0484. The molecule has 0 aromatic rings. The van der Waals surface area contributed by atoms with Crippen molar-refractivity contribution >= 4 is 5.91 Å². The average molecular weight is 210 g/mol. The van der Waals surface area contributed by atoms with Gasteiger partial charge in [0.1, 0.15) is 0 Å². The third kappa shape index (κ3) is 6.14. The molecule has 0 saturated carbocycles. The Morgan fingerprint density at radius 2 is 2.13 bits per heavy atom. The van der Waals surface area contributed by atoms with Gasteiger partial charge in [-0.25, -0.2) is 0 Å². The van der Waals surface area contributed by atoms with Crippen molar-refractivity contribution in [1.29, 1.82) is 0 Å². The normalized spacial score (nSPS) is 14.0. The zero-order chi connectivity index (χ0) is 11.7. The first-order chi connectivity index (χ1) is 7.15. The molecule has 2 unspecified atom stereocenters. The van der Waals surface area contributed by atoms with Gasteiger partial charge in [-0.05, 0) is 19.8 Å². The first-order valence-corrected chi connectivity index (χ1v) is 5.62. The van der Waals surface area contributed by atoms with E-state index in [1.165, 1.54) is 0 Å². The summed E-state index contributed by atoms with van der Waals surface area (Å²) < 4.78 is 0. The standard InChI is InChI=1S/C12H22N2O/c1-5-8-11(7-3)14-10(4)12(15)13-9-6-2/h1,10-11,14H,6-9H2,2-4H3,(H,13,15). The molecular formula is C12H22N2O. The fourth-order valence-electron chi connectivity index (χ4n) is 1.29. The zero-order valence-corrected chi connectivity index (χ0v) is 9.97. The molecule has 15 heavy (non-hydrogen) atoms. The van der Waals surface area contributed by atoms with Crippen LogP contribution >= 0.6 is 0 Å². The van der Waals surface area contributed by atoms with Crippen LogP contribution in [0.25, 0.3) is 0 Å². The smallest absolute Gasteiger partial charge is 0.236 e. The molecule has 3 nitrogen and oxygen atoms in total. The molecule has 3 heteroatoms. The van der Waals surface area contributed by atoms with E-state index in [-0.39, 0.29) is 18.0 Å². The highest BCUT2D eigenvalue weighted by Crippen LogP contribution is 1.98. The van der Waals surface area contributed by atoms with Crippen LogP contribution in [-0.2, 0) is 4.79 Å². The predicted molar refractivity (Wildman–Crippen MR) is 63.4 cm³/mol. The maximum atomic E-state index is 11.5. The minimum atomic E-state index is -0.171. The third-order valence-corrected chi connectivity index (χ3v) is 2.29. The zero-order valence-electron chi connectivity index (χ0n) is 9.97. The van der Waals surface area contributed by atoms with E-state index >= 15 is 0 Å². The van der Waals surface area contributed by atoms with Crippen LogP contribution in [-0.4, -0.2) is 24.5 Å². The van der Waals surface area contributed by atoms with Gasteiger partial charge < -0.3 is 10.6 Å². The molecule has 0 saturated heterocycles. The number of hydrogen-bond acceptors (Lipinski definition) is 2. The monoisotopic (exact) mass is 210 g/mol. The van der Waals surface area contributed by atoms with Crippen LogP contribution in [0.1, 0.15) is 40.0 Å². The summed E-state index contributed by atoms with van der Waals surface area (Å²) in [7, 11) is 0. The highest BCUT2D eigenvalue weighted by Gasteiger charge is 2.15. The minimum Gasteiger partial charge on any atom is -0.355 e. The lowest BCUT2D eigenvalue weighted by Crippen LogP contribution is -2.46. The van der Waals surface area contributed by atoms with E-state index in [2.05, 4.69) is 23.5 Å². The Balaban J connectivity index is 3.93. The van der Waals surface area contributed by atoms with Crippen molar-refractivity contribution < 1.29 is 4.79 Å². The molecular weight excluding hydrogens is 188 g/mol. The van der Waals surface area contributed by atoms with Crippen molar-refractivity contribution in [3.05, 3.63) is 0 Å². The van der Waals surface area contributed by atoms with Gasteiger partial charge in [-0.3, -0.25) is 4.79 Å². The summed E-state index contributed by atoms with van der Waals surface area (Å²) >= 11 is 0. The van der Waals surface area contributed by atoms with Gasteiger partial charge in [-0.2, -0.15) is 0 Å². The molecule has 0 aliphatic heterocycles. The summed E-state index contributed by atoms with van der Waals surface area (Å²) in [4.78, 5) is 11.5. The number of hydrogen-bond donors (Lipinski definition) is 2. The number of amides is 1. The molecule has 0 heterocycles. The van der Waals surface area contributed by atoms with Crippen LogP contribution in [0, 0.1) is 12.3 Å². The van der Waals surface area contributed by atoms with Crippen LogP contribution in [0.2, 0.25) is 0 Å². The number of nitrogens with one attached hydrogen (secondary N) is 2. The summed E-state index contributed by atoms with van der Waals surface area (Å²) in [6.07, 6.45) is 7.81. The van der Waals surface area contributed by atoms with E-state index in [0.717, 1.165) is 19.4 Å². The van der Waals surface area contributed by atoms with Crippen LogP contribution in [0.4, 0.5) is 0 Å². The number of carbonyl (C=O) groups is 1. The second-order valence-electron chi connectivity index (χ2n) is 3.69. The van der Waals surface area contributed by atoms with Crippen LogP contribution in [0.5, 0.6) is 0 Å². The molecule has 0 spiro atoms. The molecule has 1 amide bonds. The highest BCUT2D eigenvalue weighted by molar-refractivity contribution is 5.81. The molecule has 0 aromatic carbocycles. The van der Waals surface area contributed by atoms with E-state index in [0.29, 0.717) is 6.42 Å². The van der Waals surface area contributed by atoms with Crippen molar-refractivity contribution in [1.82, 2.24) is 10.6 Å². The van der Waals surface area contributed by atoms with E-state index in [1.807, 2.05) is 13.8 Å². The first-order valence-electron chi connectivity index (χ1n) is 5.62. The molecule has 0 rings (SSSR count). The Morgan fingerprint density at radius 3 is 2.60 bits per heavy atom. The van der Waals surface area contributed by atoms with E-state index < -0.39 is 0 Å². The SMILES string of the molecule is C#CCC(CC)NC(C)C(=O)NCCC. The summed E-state index contributed by atoms with van der Waals surface area (Å²) in [5, 5.41) is 6.07. The van der Waals surface area contributed by atoms with Gasteiger partial charge in [0.05, 0.1) is 6.04 Å². The Labute approximate surface area is 93.0 Å². The summed E-state index contributed by atoms with van der Waals surface area (Å²) in [6.45, 7) is 6.69. The molecule has 0 aromatic heterocycles. The van der Waals surface area contributed by atoms with Crippen molar-refractivity contribution in [3.8, 4) is 12.3 Å². The molecule has 0 fully saturated rings. The second kappa shape index (κ2) is 8.31. The molecule has 0 bridgehead atoms. The lowest BCUT2D eigenvalue weighted by molar-refractivity contribution is -0.122. The van der Waals surface area contributed by atoms with Crippen molar-refractivity contribution in [2.75, 3.05) is 6.54 Å². The van der Waals surface area contributed by atoms with Gasteiger partial charge in [-0.1, -0.05) is 13.8 Å². The third-order valence-electron chi connectivity index (χ3n) is 2.29. The molecule has 0 aliphatic rings. The first kappa shape index (κ1) is 14.0. The fourth-order valence-corrected chi connectivity index (χ4v) is 1.29. The Kier molecular flexibility index (Phi) is 7.75. The van der Waals surface area contributed by atoms with Crippen molar-refractivity contribution in [3.63, 3.8) is 0 Å². The Hall–Kier alpha value is -1.01. The van der Waals surface area contributed by atoms with Gasteiger partial charge in [0.25, 0.3) is 0 Å². The highest BCUT2D eigenvalue weighted by atomic mass is 16.2. The quantitative estimate of drug-likeness (QED) is 0.622. The number of rotatable bonds is 7. The van der Waals surface area contributed by atoms with Crippen LogP contribution in [0.3, 0.4) is 0 Å². The maximum Gasteiger partial charge on any atom is 0.236 e. The van der Waals surface area contributed by atoms with E-state index in [4.69, 9.17) is 6.42 Å². The topological polar surface area (TPSA) is 41.1 Å². The van der Waals surface area contributed by atoms with Gasteiger partial charge in [0, 0.05) is 19.0 Å². The molecule has 0 aliphatic carbocycles.